The zero-order valence-corrected chi connectivity index (χ0v) is 28.1. The minimum Gasteiger partial charge on any atom is -0.325 e. The molecule has 0 saturated carbocycles. The molecule has 2 aliphatic rings. The van der Waals surface area contributed by atoms with Crippen LogP contribution >= 0.6 is 34.7 Å². The van der Waals surface area contributed by atoms with Gasteiger partial charge in [0.1, 0.15) is 11.8 Å². The maximum absolute atomic E-state index is 14.1. The van der Waals surface area contributed by atoms with E-state index < -0.39 is 43.8 Å². The number of fused-ring (bicyclic) bond motifs is 2. The molecule has 3 heterocycles. The van der Waals surface area contributed by atoms with Crippen molar-refractivity contribution in [3.63, 3.8) is 0 Å². The van der Waals surface area contributed by atoms with E-state index in [0.29, 0.717) is 26.3 Å². The zero-order chi connectivity index (χ0) is 33.1. The molecule has 1 saturated heterocycles. The van der Waals surface area contributed by atoms with Crippen molar-refractivity contribution in [3.05, 3.63) is 103 Å². The lowest BCUT2D eigenvalue weighted by atomic mass is 9.81. The molecule has 10 nitrogen and oxygen atoms in total. The molecule has 6 rings (SSSR count). The van der Waals surface area contributed by atoms with E-state index in [4.69, 9.17) is 16.7 Å². The summed E-state index contributed by atoms with van der Waals surface area (Å²) < 4.78 is 24.5. The fraction of sp³-hybridized carbons (Fsp3) is 0.250. The van der Waals surface area contributed by atoms with Gasteiger partial charge in [-0.05, 0) is 65.1 Å². The molecule has 0 radical (unpaired) electrons. The van der Waals surface area contributed by atoms with Crippen molar-refractivity contribution in [1.29, 1.82) is 0 Å². The van der Waals surface area contributed by atoms with Crippen molar-refractivity contribution >= 4 is 73.8 Å². The number of carbonyl (C=O) groups excluding carboxylic acids is 3. The van der Waals surface area contributed by atoms with Gasteiger partial charge in [0.25, 0.3) is 0 Å². The molecule has 0 spiro atoms. The number of thiazole rings is 1. The number of carbonyl (C=O) groups is 3. The summed E-state index contributed by atoms with van der Waals surface area (Å²) in [6.07, 6.45) is 0. The summed E-state index contributed by atoms with van der Waals surface area (Å²) in [5.41, 5.74) is 2.49. The van der Waals surface area contributed by atoms with Gasteiger partial charge in [-0.15, -0.1) is 0 Å². The number of aromatic nitrogens is 1. The van der Waals surface area contributed by atoms with Gasteiger partial charge in [0.2, 0.25) is 27.7 Å². The highest BCUT2D eigenvalue weighted by Crippen LogP contribution is 2.54. The Morgan fingerprint density at radius 1 is 0.935 bits per heavy atom. The van der Waals surface area contributed by atoms with Gasteiger partial charge in [0.05, 0.1) is 21.5 Å². The average Bonchev–Trinajstić information content (AvgIpc) is 3.43. The van der Waals surface area contributed by atoms with Crippen LogP contribution in [0.5, 0.6) is 0 Å². The molecule has 3 atom stereocenters. The Labute approximate surface area is 278 Å². The van der Waals surface area contributed by atoms with Crippen LogP contribution in [0.1, 0.15) is 42.7 Å². The second-order valence-electron chi connectivity index (χ2n) is 12.1. The second-order valence-corrected chi connectivity index (χ2v) is 16.3. The number of thioether (sulfide) groups is 1. The molecule has 1 fully saturated rings. The molecule has 0 bridgehead atoms. The van der Waals surface area contributed by atoms with Crippen LogP contribution in [-0.2, 0) is 36.4 Å². The lowest BCUT2D eigenvalue weighted by molar-refractivity contribution is -0.122. The van der Waals surface area contributed by atoms with Crippen molar-refractivity contribution in [2.75, 3.05) is 10.2 Å². The third-order valence-electron chi connectivity index (χ3n) is 8.04. The largest absolute Gasteiger partial charge is 0.325 e. The van der Waals surface area contributed by atoms with E-state index in [0.717, 1.165) is 34.2 Å². The minimum absolute atomic E-state index is 0.107. The van der Waals surface area contributed by atoms with Crippen molar-refractivity contribution in [3.8, 4) is 0 Å². The molecule has 0 aliphatic carbocycles. The Morgan fingerprint density at radius 3 is 2.15 bits per heavy atom. The summed E-state index contributed by atoms with van der Waals surface area (Å²) in [4.78, 5) is 55.9. The highest BCUT2D eigenvalue weighted by Gasteiger charge is 2.56. The van der Waals surface area contributed by atoms with Gasteiger partial charge in [-0.25, -0.2) is 18.5 Å². The van der Waals surface area contributed by atoms with E-state index in [2.05, 4.69) is 26.1 Å². The number of nitrogens with two attached hydrogens (primary N) is 1. The first-order valence-corrected chi connectivity index (χ1v) is 17.8. The van der Waals surface area contributed by atoms with Crippen LogP contribution in [0.15, 0.2) is 87.5 Å². The number of rotatable bonds is 6. The van der Waals surface area contributed by atoms with E-state index in [9.17, 15) is 27.6 Å². The maximum Gasteiger partial charge on any atom is 0.308 e. The highest BCUT2D eigenvalue weighted by atomic mass is 35.5. The maximum atomic E-state index is 14.1. The third kappa shape index (κ3) is 5.93. The number of primary sulfonamides is 1. The summed E-state index contributed by atoms with van der Waals surface area (Å²) in [7, 11) is -3.90. The van der Waals surface area contributed by atoms with E-state index in [1.165, 1.54) is 33.7 Å². The number of hydrogen-bond acceptors (Lipinski definition) is 8. The number of anilines is 2. The second kappa shape index (κ2) is 11.8. The number of imide groups is 1. The number of sulfonamides is 1. The first-order valence-electron chi connectivity index (χ1n) is 14.2. The number of amides is 3. The fourth-order valence-corrected chi connectivity index (χ4v) is 9.14. The predicted molar refractivity (Wildman–Crippen MR) is 179 cm³/mol. The standard InChI is InChI=1S/C32H29ClN4O6S3/c1-32(2,3)18-6-4-17(5-7-18)24-25-26(29(40)37(28(25)39)21-12-8-19(33)9-13-21)44-30-27(24)45-31(41)36(30)16-23(38)35-20-10-14-22(15-11-20)46(34,42)43/h4-15,24-26H,16H2,1-3H3,(H,35,38)(H2,34,42,43). The monoisotopic (exact) mass is 696 g/mol. The van der Waals surface area contributed by atoms with Crippen LogP contribution in [0.3, 0.4) is 0 Å². The summed E-state index contributed by atoms with van der Waals surface area (Å²) in [6.45, 7) is 5.94. The molecular formula is C32H29ClN4O6S3. The van der Waals surface area contributed by atoms with Gasteiger partial charge >= 0.3 is 4.87 Å². The number of nitrogens with one attached hydrogen (secondary N) is 1. The first kappa shape index (κ1) is 32.2. The SMILES string of the molecule is CC(C)(C)c1ccc(C2c3sc(=O)n(CC(=O)Nc4ccc(S(N)(=O)=O)cc4)c3SC3C(=O)N(c4ccc(Cl)cc4)C(=O)C32)cc1. The lowest BCUT2D eigenvalue weighted by Gasteiger charge is -2.31. The van der Waals surface area contributed by atoms with Crippen LogP contribution in [0, 0.1) is 5.92 Å². The number of hydrogen-bond donors (Lipinski definition) is 2. The molecule has 4 aromatic rings. The van der Waals surface area contributed by atoms with E-state index in [1.54, 1.807) is 24.3 Å². The Balaban J connectivity index is 1.38. The topological polar surface area (TPSA) is 149 Å². The van der Waals surface area contributed by atoms with E-state index >= 15 is 0 Å². The molecule has 238 valence electrons. The van der Waals surface area contributed by atoms with Crippen molar-refractivity contribution in [2.24, 2.45) is 11.1 Å². The molecule has 46 heavy (non-hydrogen) atoms. The molecule has 1 aromatic heterocycles. The number of nitrogens with zero attached hydrogens (tertiary/aromatic N) is 2. The van der Waals surface area contributed by atoms with E-state index in [-0.39, 0.29) is 22.8 Å². The highest BCUT2D eigenvalue weighted by molar-refractivity contribution is 8.00. The minimum atomic E-state index is -3.90. The molecule has 3 aromatic carbocycles. The van der Waals surface area contributed by atoms with Gasteiger partial charge < -0.3 is 5.32 Å². The Hall–Kier alpha value is -3.75. The average molecular weight is 697 g/mol. The van der Waals surface area contributed by atoms with Crippen LogP contribution in [-0.4, -0.2) is 36.0 Å². The zero-order valence-electron chi connectivity index (χ0n) is 24.9. The Bertz CT molecular complexity index is 2030. The first-order chi connectivity index (χ1) is 21.6. The number of halogens is 1. The van der Waals surface area contributed by atoms with Gasteiger partial charge in [0, 0.05) is 21.5 Å². The summed E-state index contributed by atoms with van der Waals surface area (Å²) in [6, 6.07) is 19.7. The molecule has 3 unspecified atom stereocenters. The molecule has 3 N–H and O–H groups in total. The van der Waals surface area contributed by atoms with Gasteiger partial charge in [-0.2, -0.15) is 0 Å². The summed E-state index contributed by atoms with van der Waals surface area (Å²) >= 11 is 8.15. The normalized spacial score (nSPS) is 19.6. The van der Waals surface area contributed by atoms with Gasteiger partial charge in [-0.3, -0.25) is 23.7 Å². The van der Waals surface area contributed by atoms with Crippen molar-refractivity contribution in [1.82, 2.24) is 4.57 Å². The van der Waals surface area contributed by atoms with Crippen LogP contribution < -0.4 is 20.2 Å². The van der Waals surface area contributed by atoms with Gasteiger partial charge in [0.15, 0.2) is 0 Å². The quantitative estimate of drug-likeness (QED) is 0.271. The molecule has 14 heteroatoms. The smallest absolute Gasteiger partial charge is 0.308 e. The molecule has 3 amide bonds. The fourth-order valence-electron chi connectivity index (χ4n) is 5.72. The van der Waals surface area contributed by atoms with Crippen molar-refractivity contribution < 1.29 is 22.8 Å². The van der Waals surface area contributed by atoms with Gasteiger partial charge in [-0.1, -0.05) is 79.7 Å². The van der Waals surface area contributed by atoms with E-state index in [1.807, 2.05) is 24.3 Å². The predicted octanol–water partition coefficient (Wildman–Crippen LogP) is 4.94. The van der Waals surface area contributed by atoms with Crippen LogP contribution in [0.2, 0.25) is 5.02 Å². The number of benzene rings is 3. The molecular weight excluding hydrogens is 668 g/mol. The molecule has 2 aliphatic heterocycles. The summed E-state index contributed by atoms with van der Waals surface area (Å²) in [5.74, 6) is -2.69. The van der Waals surface area contributed by atoms with Crippen molar-refractivity contribution in [2.45, 2.75) is 53.8 Å². The third-order valence-corrected chi connectivity index (χ3v) is 11.8. The lowest BCUT2D eigenvalue weighted by Crippen LogP contribution is -2.33. The van der Waals surface area contributed by atoms with Crippen LogP contribution in [0.4, 0.5) is 11.4 Å². The Kier molecular flexibility index (Phi) is 8.26. The van der Waals surface area contributed by atoms with Crippen LogP contribution in [0.25, 0.3) is 0 Å². The summed E-state index contributed by atoms with van der Waals surface area (Å²) in [5, 5.41) is 7.92. The Morgan fingerprint density at radius 2 is 1.57 bits per heavy atom.